The summed E-state index contributed by atoms with van der Waals surface area (Å²) in [7, 11) is 3.56. The highest BCUT2D eigenvalue weighted by molar-refractivity contribution is 7.09. The summed E-state index contributed by atoms with van der Waals surface area (Å²) >= 11 is 1.73. The quantitative estimate of drug-likeness (QED) is 0.750. The summed E-state index contributed by atoms with van der Waals surface area (Å²) in [6.45, 7) is 7.75. The van der Waals surface area contributed by atoms with E-state index in [0.717, 1.165) is 35.9 Å². The Bertz CT molecular complexity index is 883. The molecular formula is C22H29FN4OS. The van der Waals surface area contributed by atoms with E-state index in [0.29, 0.717) is 24.3 Å². The Labute approximate surface area is 176 Å². The maximum absolute atomic E-state index is 14.0. The van der Waals surface area contributed by atoms with Crippen LogP contribution in [0.15, 0.2) is 29.6 Å². The number of carbonyl (C=O) groups excluding carboxylic acids is 1. The third kappa shape index (κ3) is 4.03. The van der Waals surface area contributed by atoms with Crippen LogP contribution in [-0.2, 0) is 6.54 Å². The Morgan fingerprint density at radius 1 is 1.31 bits per heavy atom. The molecule has 2 aliphatic heterocycles. The minimum Gasteiger partial charge on any atom is -0.331 e. The zero-order chi connectivity index (χ0) is 20.7. The van der Waals surface area contributed by atoms with Crippen LogP contribution in [0.3, 0.4) is 0 Å². The highest BCUT2D eigenvalue weighted by Gasteiger charge is 2.49. The molecule has 2 aromatic rings. The first-order valence-electron chi connectivity index (χ1n) is 10.2. The lowest BCUT2D eigenvalue weighted by Gasteiger charge is -2.31. The molecule has 156 valence electrons. The third-order valence-electron chi connectivity index (χ3n) is 6.08. The van der Waals surface area contributed by atoms with Crippen LogP contribution < -0.4 is 0 Å². The van der Waals surface area contributed by atoms with Crippen molar-refractivity contribution < 1.29 is 9.18 Å². The van der Waals surface area contributed by atoms with Gasteiger partial charge in [-0.05, 0) is 29.5 Å². The number of urea groups is 1. The number of nitrogens with zero attached hydrogens (tertiary/aromatic N) is 4. The van der Waals surface area contributed by atoms with Gasteiger partial charge in [0, 0.05) is 45.0 Å². The molecule has 0 unspecified atom stereocenters. The molecule has 29 heavy (non-hydrogen) atoms. The first-order chi connectivity index (χ1) is 13.8. The smallest absolute Gasteiger partial charge is 0.320 e. The van der Waals surface area contributed by atoms with E-state index in [2.05, 4.69) is 24.1 Å². The van der Waals surface area contributed by atoms with Crippen molar-refractivity contribution in [2.24, 2.45) is 11.8 Å². The van der Waals surface area contributed by atoms with Crippen molar-refractivity contribution >= 4 is 17.4 Å². The molecule has 0 radical (unpaired) electrons. The van der Waals surface area contributed by atoms with Crippen LogP contribution in [0, 0.1) is 17.7 Å². The molecule has 1 aromatic heterocycles. The van der Waals surface area contributed by atoms with Gasteiger partial charge < -0.3 is 9.80 Å². The molecule has 2 aliphatic rings. The van der Waals surface area contributed by atoms with Gasteiger partial charge in [0.05, 0.1) is 18.3 Å². The second kappa shape index (κ2) is 8.03. The fourth-order valence-electron chi connectivity index (χ4n) is 4.69. The van der Waals surface area contributed by atoms with Crippen LogP contribution in [0.5, 0.6) is 0 Å². The van der Waals surface area contributed by atoms with Crippen molar-refractivity contribution in [2.45, 2.75) is 32.4 Å². The van der Waals surface area contributed by atoms with Crippen molar-refractivity contribution in [2.75, 3.05) is 33.7 Å². The number of likely N-dealkylation sites (tertiary alicyclic amines) is 2. The van der Waals surface area contributed by atoms with Gasteiger partial charge in [0.1, 0.15) is 10.8 Å². The third-order valence-corrected chi connectivity index (χ3v) is 6.93. The summed E-state index contributed by atoms with van der Waals surface area (Å²) in [6, 6.07) is 6.65. The molecule has 0 N–H and O–H groups in total. The molecular weight excluding hydrogens is 387 g/mol. The average Bonchev–Trinajstić information content (AvgIpc) is 3.35. The van der Waals surface area contributed by atoms with E-state index in [1.807, 2.05) is 11.0 Å². The summed E-state index contributed by atoms with van der Waals surface area (Å²) in [5, 5.41) is 3.31. The minimum atomic E-state index is -0.248. The van der Waals surface area contributed by atoms with Crippen LogP contribution in [-0.4, -0.2) is 59.4 Å². The number of hydrogen-bond donors (Lipinski definition) is 0. The largest absolute Gasteiger partial charge is 0.331 e. The fourth-order valence-corrected chi connectivity index (χ4v) is 5.69. The summed E-state index contributed by atoms with van der Waals surface area (Å²) in [6.07, 6.45) is 0. The number of hydrogen-bond acceptors (Lipinski definition) is 4. The van der Waals surface area contributed by atoms with E-state index in [-0.39, 0.29) is 17.9 Å². The van der Waals surface area contributed by atoms with Gasteiger partial charge in [0.2, 0.25) is 0 Å². The molecule has 0 spiro atoms. The molecule has 3 heterocycles. The predicted octanol–water partition coefficient (Wildman–Crippen LogP) is 4.19. The van der Waals surface area contributed by atoms with E-state index in [1.54, 1.807) is 42.5 Å². The van der Waals surface area contributed by atoms with Crippen molar-refractivity contribution in [1.82, 2.24) is 19.7 Å². The Morgan fingerprint density at radius 2 is 2.10 bits per heavy atom. The number of carbonyl (C=O) groups is 1. The Kier molecular flexibility index (Phi) is 5.62. The van der Waals surface area contributed by atoms with Gasteiger partial charge in [-0.25, -0.2) is 14.2 Å². The number of amides is 2. The first-order valence-corrected chi connectivity index (χ1v) is 11.1. The Morgan fingerprint density at radius 3 is 2.76 bits per heavy atom. The summed E-state index contributed by atoms with van der Waals surface area (Å²) in [4.78, 5) is 23.6. The Hall–Kier alpha value is -1.99. The van der Waals surface area contributed by atoms with Crippen molar-refractivity contribution in [3.8, 4) is 0 Å². The van der Waals surface area contributed by atoms with Crippen LogP contribution in [0.2, 0.25) is 0 Å². The standard InChI is InChI=1S/C22H29FN4OS/c1-14(2)19-13-29-20(24-19)12-26-9-16-10-27(22(28)25(3)4)21(18(16)11-26)15-6-5-7-17(23)8-15/h5-8,13-14,16,18,21H,9-12H2,1-4H3/t16-,18-,21+/m1/s1. The van der Waals surface area contributed by atoms with E-state index in [9.17, 15) is 9.18 Å². The molecule has 0 saturated carbocycles. The Balaban J connectivity index is 1.54. The van der Waals surface area contributed by atoms with Crippen LogP contribution in [0.1, 0.15) is 42.1 Å². The molecule has 3 atom stereocenters. The van der Waals surface area contributed by atoms with Gasteiger partial charge in [0.25, 0.3) is 0 Å². The van der Waals surface area contributed by atoms with Crippen molar-refractivity contribution in [3.05, 3.63) is 51.7 Å². The number of thiazole rings is 1. The van der Waals surface area contributed by atoms with Gasteiger partial charge in [-0.3, -0.25) is 4.90 Å². The molecule has 1 aromatic carbocycles. The van der Waals surface area contributed by atoms with Gasteiger partial charge in [-0.2, -0.15) is 0 Å². The maximum Gasteiger partial charge on any atom is 0.320 e. The molecule has 0 aliphatic carbocycles. The van der Waals surface area contributed by atoms with Crippen LogP contribution in [0.4, 0.5) is 9.18 Å². The van der Waals surface area contributed by atoms with E-state index in [4.69, 9.17) is 4.98 Å². The lowest BCUT2D eigenvalue weighted by Crippen LogP contribution is -2.41. The minimum absolute atomic E-state index is 0.00158. The SMILES string of the molecule is CC(C)c1csc(CN2C[C@@H]3CN(C(=O)N(C)C)[C@@H](c4cccc(F)c4)[C@@H]3C2)n1. The lowest BCUT2D eigenvalue weighted by atomic mass is 9.89. The highest BCUT2D eigenvalue weighted by Crippen LogP contribution is 2.45. The number of benzene rings is 1. The number of fused-ring (bicyclic) bond motifs is 1. The lowest BCUT2D eigenvalue weighted by molar-refractivity contribution is 0.151. The maximum atomic E-state index is 14.0. The average molecular weight is 417 g/mol. The monoisotopic (exact) mass is 416 g/mol. The van der Waals surface area contributed by atoms with Crippen molar-refractivity contribution in [1.29, 1.82) is 0 Å². The second-order valence-electron chi connectivity index (χ2n) is 8.77. The number of aromatic nitrogens is 1. The first kappa shape index (κ1) is 20.3. The van der Waals surface area contributed by atoms with Crippen molar-refractivity contribution in [3.63, 3.8) is 0 Å². The van der Waals surface area contributed by atoms with E-state index < -0.39 is 0 Å². The van der Waals surface area contributed by atoms with E-state index in [1.165, 1.54) is 6.07 Å². The zero-order valence-corrected chi connectivity index (χ0v) is 18.3. The fraction of sp³-hybridized carbons (Fsp3) is 0.545. The summed E-state index contributed by atoms with van der Waals surface area (Å²) in [5.41, 5.74) is 2.05. The molecule has 4 rings (SSSR count). The highest BCUT2D eigenvalue weighted by atomic mass is 32.1. The predicted molar refractivity (Wildman–Crippen MR) is 113 cm³/mol. The zero-order valence-electron chi connectivity index (χ0n) is 17.5. The van der Waals surface area contributed by atoms with Gasteiger partial charge in [-0.1, -0.05) is 26.0 Å². The van der Waals surface area contributed by atoms with Gasteiger partial charge in [-0.15, -0.1) is 11.3 Å². The summed E-state index contributed by atoms with van der Waals surface area (Å²) in [5.74, 6) is 0.907. The molecule has 2 fully saturated rings. The van der Waals surface area contributed by atoms with Crippen LogP contribution >= 0.6 is 11.3 Å². The van der Waals surface area contributed by atoms with Crippen LogP contribution in [0.25, 0.3) is 0 Å². The normalized spacial score (nSPS) is 24.3. The number of rotatable bonds is 4. The molecule has 5 nitrogen and oxygen atoms in total. The molecule has 2 saturated heterocycles. The van der Waals surface area contributed by atoms with E-state index >= 15 is 0 Å². The topological polar surface area (TPSA) is 39.7 Å². The summed E-state index contributed by atoms with van der Waals surface area (Å²) < 4.78 is 14.0. The second-order valence-corrected chi connectivity index (χ2v) is 9.71. The molecule has 7 heteroatoms. The van der Waals surface area contributed by atoms with Gasteiger partial charge >= 0.3 is 6.03 Å². The molecule has 0 bridgehead atoms. The van der Waals surface area contributed by atoms with Gasteiger partial charge in [0.15, 0.2) is 0 Å². The molecule has 2 amide bonds. The number of halogens is 1.